The third-order valence-electron chi connectivity index (χ3n) is 6.02. The zero-order valence-electron chi connectivity index (χ0n) is 15.9. The molecule has 3 aromatic rings. The van der Waals surface area contributed by atoms with Crippen LogP contribution in [0.4, 0.5) is 0 Å². The Kier molecular flexibility index (Phi) is 4.68. The van der Waals surface area contributed by atoms with Gasteiger partial charge in [-0.1, -0.05) is 18.2 Å². The van der Waals surface area contributed by atoms with Crippen molar-refractivity contribution in [3.05, 3.63) is 59.8 Å². The molecular formula is C22H27N3O3+2. The van der Waals surface area contributed by atoms with Gasteiger partial charge in [0.15, 0.2) is 11.5 Å². The van der Waals surface area contributed by atoms with Crippen LogP contribution in [0.25, 0.3) is 10.9 Å². The molecule has 3 heterocycles. The van der Waals surface area contributed by atoms with Gasteiger partial charge in [0, 0.05) is 28.2 Å². The van der Waals surface area contributed by atoms with Gasteiger partial charge in [0.1, 0.15) is 45.4 Å². The van der Waals surface area contributed by atoms with Crippen LogP contribution in [0.2, 0.25) is 0 Å². The summed E-state index contributed by atoms with van der Waals surface area (Å²) < 4.78 is 10.9. The lowest BCUT2D eigenvalue weighted by molar-refractivity contribution is -1.02. The lowest BCUT2D eigenvalue weighted by Gasteiger charge is -2.30. The largest absolute Gasteiger partial charge is 0.454 e. The number of nitrogens with one attached hydrogen (secondary N) is 3. The average molecular weight is 381 g/mol. The molecule has 28 heavy (non-hydrogen) atoms. The summed E-state index contributed by atoms with van der Waals surface area (Å²) in [6, 6.07) is 14.4. The molecule has 0 bridgehead atoms. The molecule has 2 aromatic carbocycles. The Bertz CT molecular complexity index is 963. The van der Waals surface area contributed by atoms with Crippen LogP contribution in [0.1, 0.15) is 17.2 Å². The second kappa shape index (κ2) is 7.47. The Morgan fingerprint density at radius 3 is 2.64 bits per heavy atom. The van der Waals surface area contributed by atoms with Crippen molar-refractivity contribution in [3.63, 3.8) is 0 Å². The number of hydrogen-bond acceptors (Lipinski definition) is 3. The number of rotatable bonds is 5. The highest BCUT2D eigenvalue weighted by Crippen LogP contribution is 2.32. The minimum atomic E-state index is -0.429. The highest BCUT2D eigenvalue weighted by molar-refractivity contribution is 5.83. The smallest absolute Gasteiger partial charge is 0.231 e. The number of aromatic amines is 1. The molecule has 6 heteroatoms. The number of piperazine rings is 1. The van der Waals surface area contributed by atoms with E-state index in [0.717, 1.165) is 67.2 Å². The lowest BCUT2D eigenvalue weighted by Crippen LogP contribution is -3.27. The predicted molar refractivity (Wildman–Crippen MR) is 106 cm³/mol. The number of ether oxygens (including phenoxy) is 2. The highest BCUT2D eigenvalue weighted by Gasteiger charge is 2.27. The SMILES string of the molecule is O[C@@H](C[NH+]1CC[NH+](Cc2ccc3c(c2)OCO3)CC1)c1c[nH]c2ccccc12. The van der Waals surface area contributed by atoms with Crippen LogP contribution in [0.15, 0.2) is 48.7 Å². The molecule has 1 atom stereocenters. The zero-order chi connectivity index (χ0) is 18.9. The molecule has 0 spiro atoms. The van der Waals surface area contributed by atoms with E-state index in [2.05, 4.69) is 29.2 Å². The molecule has 0 unspecified atom stereocenters. The van der Waals surface area contributed by atoms with Crippen molar-refractivity contribution in [2.75, 3.05) is 39.5 Å². The van der Waals surface area contributed by atoms with E-state index in [9.17, 15) is 5.11 Å². The third-order valence-corrected chi connectivity index (χ3v) is 6.02. The van der Waals surface area contributed by atoms with Crippen LogP contribution < -0.4 is 19.3 Å². The molecule has 1 fully saturated rings. The summed E-state index contributed by atoms with van der Waals surface area (Å²) in [6.07, 6.45) is 1.53. The number of quaternary nitrogens is 2. The first-order valence-corrected chi connectivity index (χ1v) is 10.1. The summed E-state index contributed by atoms with van der Waals surface area (Å²) in [5.74, 6) is 1.71. The van der Waals surface area contributed by atoms with E-state index in [1.54, 1.807) is 4.90 Å². The lowest BCUT2D eigenvalue weighted by atomic mass is 10.1. The van der Waals surface area contributed by atoms with Gasteiger partial charge in [-0.15, -0.1) is 0 Å². The topological polar surface area (TPSA) is 63.4 Å². The maximum absolute atomic E-state index is 10.8. The average Bonchev–Trinajstić information content (AvgIpc) is 3.36. The van der Waals surface area contributed by atoms with Crippen molar-refractivity contribution in [2.24, 2.45) is 0 Å². The van der Waals surface area contributed by atoms with Crippen molar-refractivity contribution in [1.82, 2.24) is 4.98 Å². The van der Waals surface area contributed by atoms with Crippen LogP contribution in [0.5, 0.6) is 11.5 Å². The van der Waals surface area contributed by atoms with Gasteiger partial charge in [-0.2, -0.15) is 0 Å². The number of H-pyrrole nitrogens is 1. The summed E-state index contributed by atoms with van der Waals surface area (Å²) >= 11 is 0. The number of para-hydroxylation sites is 1. The fourth-order valence-electron chi connectivity index (χ4n) is 4.43. The van der Waals surface area contributed by atoms with Crippen LogP contribution in [0.3, 0.4) is 0 Å². The van der Waals surface area contributed by atoms with Gasteiger partial charge in [0.25, 0.3) is 0 Å². The Morgan fingerprint density at radius 1 is 0.964 bits per heavy atom. The molecule has 0 radical (unpaired) electrons. The van der Waals surface area contributed by atoms with Crippen molar-refractivity contribution in [3.8, 4) is 11.5 Å². The van der Waals surface area contributed by atoms with Gasteiger partial charge < -0.3 is 29.4 Å². The van der Waals surface area contributed by atoms with Gasteiger partial charge in [-0.05, 0) is 24.3 Å². The number of hydrogen-bond donors (Lipinski definition) is 4. The number of fused-ring (bicyclic) bond motifs is 2. The van der Waals surface area contributed by atoms with Crippen molar-refractivity contribution in [1.29, 1.82) is 0 Å². The highest BCUT2D eigenvalue weighted by atomic mass is 16.7. The van der Waals surface area contributed by atoms with E-state index in [1.807, 2.05) is 24.4 Å². The minimum Gasteiger partial charge on any atom is -0.454 e. The molecule has 1 saturated heterocycles. The van der Waals surface area contributed by atoms with Crippen molar-refractivity contribution >= 4 is 10.9 Å². The maximum atomic E-state index is 10.8. The standard InChI is InChI=1S/C22H25N3O3/c26-20(18-12-23-19-4-2-1-3-17(18)19)14-25-9-7-24(8-10-25)13-16-5-6-21-22(11-16)28-15-27-21/h1-6,11-12,20,23,26H,7-10,13-15H2/p+2/t20-/m0/s1. The number of aliphatic hydroxyl groups is 1. The molecule has 4 N–H and O–H groups in total. The van der Waals surface area contributed by atoms with Gasteiger partial charge in [0.05, 0.1) is 0 Å². The van der Waals surface area contributed by atoms with E-state index >= 15 is 0 Å². The van der Waals surface area contributed by atoms with Crippen LogP contribution in [0, 0.1) is 0 Å². The van der Waals surface area contributed by atoms with Crippen molar-refractivity contribution in [2.45, 2.75) is 12.6 Å². The summed E-state index contributed by atoms with van der Waals surface area (Å²) in [4.78, 5) is 6.33. The van der Waals surface area contributed by atoms with Gasteiger partial charge in [-0.3, -0.25) is 0 Å². The van der Waals surface area contributed by atoms with Crippen molar-refractivity contribution < 1.29 is 24.4 Å². The molecule has 1 aromatic heterocycles. The van der Waals surface area contributed by atoms with E-state index in [0.29, 0.717) is 6.79 Å². The Morgan fingerprint density at radius 2 is 1.75 bits per heavy atom. The second-order valence-electron chi connectivity index (χ2n) is 7.87. The van der Waals surface area contributed by atoms with Crippen LogP contribution >= 0.6 is 0 Å². The summed E-state index contributed by atoms with van der Waals surface area (Å²) in [6.45, 7) is 6.49. The van der Waals surface area contributed by atoms with E-state index < -0.39 is 6.10 Å². The number of aliphatic hydroxyl groups excluding tert-OH is 1. The monoisotopic (exact) mass is 381 g/mol. The Hall–Kier alpha value is -2.54. The summed E-state index contributed by atoms with van der Waals surface area (Å²) in [5.41, 5.74) is 3.39. The molecule has 146 valence electrons. The molecule has 2 aliphatic rings. The summed E-state index contributed by atoms with van der Waals surface area (Å²) in [5, 5.41) is 11.9. The third kappa shape index (κ3) is 3.46. The van der Waals surface area contributed by atoms with Crippen LogP contribution in [-0.4, -0.2) is 49.6 Å². The molecule has 0 amide bonds. The molecule has 6 nitrogen and oxygen atoms in total. The summed E-state index contributed by atoms with van der Waals surface area (Å²) in [7, 11) is 0. The molecule has 5 rings (SSSR count). The van der Waals surface area contributed by atoms with Crippen LogP contribution in [-0.2, 0) is 6.54 Å². The fraction of sp³-hybridized carbons (Fsp3) is 0.364. The van der Waals surface area contributed by atoms with Gasteiger partial charge in [0.2, 0.25) is 6.79 Å². The van der Waals surface area contributed by atoms with Gasteiger partial charge >= 0.3 is 0 Å². The molecular weight excluding hydrogens is 354 g/mol. The normalized spacial score (nSPS) is 22.5. The molecule has 0 saturated carbocycles. The number of benzene rings is 2. The minimum absolute atomic E-state index is 0.326. The maximum Gasteiger partial charge on any atom is 0.231 e. The quantitative estimate of drug-likeness (QED) is 0.500. The zero-order valence-corrected chi connectivity index (χ0v) is 15.9. The first kappa shape index (κ1) is 17.6. The van der Waals surface area contributed by atoms with E-state index in [1.165, 1.54) is 10.5 Å². The Balaban J connectivity index is 1.16. The van der Waals surface area contributed by atoms with E-state index in [-0.39, 0.29) is 0 Å². The first-order valence-electron chi connectivity index (χ1n) is 10.1. The molecule has 0 aliphatic carbocycles. The van der Waals surface area contributed by atoms with E-state index in [4.69, 9.17) is 9.47 Å². The van der Waals surface area contributed by atoms with Gasteiger partial charge in [-0.25, -0.2) is 0 Å². The number of aromatic nitrogens is 1. The first-order chi connectivity index (χ1) is 13.8. The fourth-order valence-corrected chi connectivity index (χ4v) is 4.43. The second-order valence-corrected chi connectivity index (χ2v) is 7.87. The Labute approximate surface area is 164 Å². The molecule has 2 aliphatic heterocycles. The predicted octanol–water partition coefficient (Wildman–Crippen LogP) is -0.0864.